The summed E-state index contributed by atoms with van der Waals surface area (Å²) in [4.78, 5) is 14.4. The van der Waals surface area contributed by atoms with Crippen LogP contribution in [0.25, 0.3) is 0 Å². The van der Waals surface area contributed by atoms with Crippen LogP contribution in [0.15, 0.2) is 24.3 Å². The monoisotopic (exact) mass is 275 g/mol. The smallest absolute Gasteiger partial charge is 0.225 e. The lowest BCUT2D eigenvalue weighted by atomic mass is 10.0. The molecule has 1 heterocycles. The lowest BCUT2D eigenvalue weighted by molar-refractivity contribution is -0.116. The van der Waals surface area contributed by atoms with Crippen molar-refractivity contribution in [2.45, 2.75) is 26.8 Å². The van der Waals surface area contributed by atoms with E-state index < -0.39 is 0 Å². The molecule has 1 aliphatic heterocycles. The van der Waals surface area contributed by atoms with Crippen LogP contribution in [0, 0.1) is 11.8 Å². The number of benzene rings is 1. The Morgan fingerprint density at radius 3 is 2.60 bits per heavy atom. The molecular formula is C16H25N3O. The van der Waals surface area contributed by atoms with Crippen molar-refractivity contribution in [1.29, 1.82) is 0 Å². The van der Waals surface area contributed by atoms with Crippen LogP contribution < -0.4 is 11.1 Å². The first kappa shape index (κ1) is 15.0. The Morgan fingerprint density at radius 2 is 1.95 bits per heavy atom. The van der Waals surface area contributed by atoms with Gasteiger partial charge in [0.15, 0.2) is 0 Å². The van der Waals surface area contributed by atoms with E-state index in [-0.39, 0.29) is 5.91 Å². The number of hydrogen-bond donors (Lipinski definition) is 2. The average molecular weight is 275 g/mol. The summed E-state index contributed by atoms with van der Waals surface area (Å²) in [5.41, 5.74) is 7.48. The fourth-order valence-corrected chi connectivity index (χ4v) is 2.72. The zero-order chi connectivity index (χ0) is 14.5. The molecule has 110 valence electrons. The number of rotatable bonds is 5. The molecule has 1 aromatic rings. The van der Waals surface area contributed by atoms with Crippen LogP contribution in [0.2, 0.25) is 0 Å². The second kappa shape index (κ2) is 6.86. The number of nitrogens with zero attached hydrogens (tertiary/aromatic N) is 1. The number of nitrogens with two attached hydrogens (primary N) is 1. The Balaban J connectivity index is 1.81. The van der Waals surface area contributed by atoms with E-state index >= 15 is 0 Å². The molecule has 20 heavy (non-hydrogen) atoms. The molecule has 2 unspecified atom stereocenters. The first-order chi connectivity index (χ1) is 9.60. The Hall–Kier alpha value is -1.39. The highest BCUT2D eigenvalue weighted by Crippen LogP contribution is 2.22. The fraction of sp³-hybridized carbons (Fsp3) is 0.562. The molecule has 4 nitrogen and oxygen atoms in total. The van der Waals surface area contributed by atoms with E-state index in [9.17, 15) is 4.79 Å². The van der Waals surface area contributed by atoms with Crippen LogP contribution in [0.4, 0.5) is 5.69 Å². The maximum Gasteiger partial charge on any atom is 0.225 e. The highest BCUT2D eigenvalue weighted by molar-refractivity contribution is 5.91. The molecule has 0 bridgehead atoms. The molecule has 0 aromatic heterocycles. The molecule has 2 atom stereocenters. The summed E-state index contributed by atoms with van der Waals surface area (Å²) in [7, 11) is 0. The van der Waals surface area contributed by atoms with Crippen molar-refractivity contribution in [3.63, 3.8) is 0 Å². The van der Waals surface area contributed by atoms with Gasteiger partial charge in [-0.15, -0.1) is 0 Å². The summed E-state index contributed by atoms with van der Waals surface area (Å²) >= 11 is 0. The zero-order valence-corrected chi connectivity index (χ0v) is 12.4. The Morgan fingerprint density at radius 1 is 1.30 bits per heavy atom. The SMILES string of the molecule is CC1CN(CCC(=O)Nc2ccccc2CN)CC1C. The quantitative estimate of drug-likeness (QED) is 0.865. The van der Waals surface area contributed by atoms with Gasteiger partial charge in [0.2, 0.25) is 5.91 Å². The van der Waals surface area contributed by atoms with Crippen LogP contribution in [0.3, 0.4) is 0 Å². The average Bonchev–Trinajstić information content (AvgIpc) is 2.76. The first-order valence-corrected chi connectivity index (χ1v) is 7.40. The minimum Gasteiger partial charge on any atom is -0.326 e. The number of hydrogen-bond acceptors (Lipinski definition) is 3. The molecule has 1 aliphatic rings. The van der Waals surface area contributed by atoms with Gasteiger partial charge in [0.1, 0.15) is 0 Å². The minimum atomic E-state index is 0.0677. The van der Waals surface area contributed by atoms with Crippen molar-refractivity contribution in [3.8, 4) is 0 Å². The van der Waals surface area contributed by atoms with Gasteiger partial charge in [0, 0.05) is 38.3 Å². The van der Waals surface area contributed by atoms with Gasteiger partial charge < -0.3 is 16.0 Å². The molecule has 0 aliphatic carbocycles. The van der Waals surface area contributed by atoms with Crippen molar-refractivity contribution in [2.75, 3.05) is 25.0 Å². The van der Waals surface area contributed by atoms with Crippen molar-refractivity contribution in [3.05, 3.63) is 29.8 Å². The standard InChI is InChI=1S/C16H25N3O/c1-12-10-19(11-13(12)2)8-7-16(20)18-15-6-4-3-5-14(15)9-17/h3-6,12-13H,7-11,17H2,1-2H3,(H,18,20). The van der Waals surface area contributed by atoms with Crippen LogP contribution in [0.5, 0.6) is 0 Å². The van der Waals surface area contributed by atoms with E-state index in [0.29, 0.717) is 13.0 Å². The van der Waals surface area contributed by atoms with E-state index in [1.807, 2.05) is 24.3 Å². The van der Waals surface area contributed by atoms with E-state index in [0.717, 1.165) is 42.7 Å². The summed E-state index contributed by atoms with van der Waals surface area (Å²) in [6.07, 6.45) is 0.540. The maximum atomic E-state index is 12.0. The predicted octanol–water partition coefficient (Wildman–Crippen LogP) is 2.06. The topological polar surface area (TPSA) is 58.4 Å². The second-order valence-electron chi connectivity index (χ2n) is 5.87. The van der Waals surface area contributed by atoms with E-state index in [1.165, 1.54) is 0 Å². The number of likely N-dealkylation sites (tertiary alicyclic amines) is 1. The maximum absolute atomic E-state index is 12.0. The largest absolute Gasteiger partial charge is 0.326 e. The minimum absolute atomic E-state index is 0.0677. The van der Waals surface area contributed by atoms with Gasteiger partial charge in [0.05, 0.1) is 0 Å². The molecule has 2 rings (SSSR count). The highest BCUT2D eigenvalue weighted by Gasteiger charge is 2.25. The first-order valence-electron chi connectivity index (χ1n) is 7.40. The normalized spacial score (nSPS) is 22.9. The van der Waals surface area contributed by atoms with Gasteiger partial charge in [-0.25, -0.2) is 0 Å². The number of carbonyl (C=O) groups is 1. The molecule has 1 aromatic carbocycles. The van der Waals surface area contributed by atoms with Crippen LogP contribution in [-0.2, 0) is 11.3 Å². The predicted molar refractivity (Wildman–Crippen MR) is 82.3 cm³/mol. The summed E-state index contributed by atoms with van der Waals surface area (Å²) in [5.74, 6) is 1.53. The number of amides is 1. The lowest BCUT2D eigenvalue weighted by Gasteiger charge is -2.15. The summed E-state index contributed by atoms with van der Waals surface area (Å²) in [5, 5.41) is 2.96. The van der Waals surface area contributed by atoms with E-state index in [1.54, 1.807) is 0 Å². The van der Waals surface area contributed by atoms with Gasteiger partial charge in [-0.3, -0.25) is 4.79 Å². The van der Waals surface area contributed by atoms with Gasteiger partial charge in [-0.05, 0) is 23.5 Å². The van der Waals surface area contributed by atoms with E-state index in [2.05, 4.69) is 24.1 Å². The summed E-state index contributed by atoms with van der Waals surface area (Å²) in [6, 6.07) is 7.70. The Kier molecular flexibility index (Phi) is 5.15. The third kappa shape index (κ3) is 3.81. The third-order valence-corrected chi connectivity index (χ3v) is 4.23. The van der Waals surface area contributed by atoms with Crippen LogP contribution >= 0.6 is 0 Å². The van der Waals surface area contributed by atoms with Crippen molar-refractivity contribution >= 4 is 11.6 Å². The molecule has 1 fully saturated rings. The third-order valence-electron chi connectivity index (χ3n) is 4.23. The fourth-order valence-electron chi connectivity index (χ4n) is 2.72. The van der Waals surface area contributed by atoms with Crippen molar-refractivity contribution < 1.29 is 4.79 Å². The Labute approximate surface area is 121 Å². The summed E-state index contributed by atoms with van der Waals surface area (Å²) < 4.78 is 0. The molecule has 3 N–H and O–H groups in total. The van der Waals surface area contributed by atoms with Gasteiger partial charge >= 0.3 is 0 Å². The van der Waals surface area contributed by atoms with Crippen LogP contribution in [0.1, 0.15) is 25.8 Å². The number of nitrogens with one attached hydrogen (secondary N) is 1. The second-order valence-corrected chi connectivity index (χ2v) is 5.87. The molecule has 0 saturated carbocycles. The number of anilines is 1. The molecule has 0 spiro atoms. The molecule has 1 amide bonds. The van der Waals surface area contributed by atoms with Crippen molar-refractivity contribution in [2.24, 2.45) is 17.6 Å². The number of carbonyl (C=O) groups excluding carboxylic acids is 1. The molecule has 1 saturated heterocycles. The zero-order valence-electron chi connectivity index (χ0n) is 12.4. The molecular weight excluding hydrogens is 250 g/mol. The van der Waals surface area contributed by atoms with Crippen molar-refractivity contribution in [1.82, 2.24) is 4.90 Å². The lowest BCUT2D eigenvalue weighted by Crippen LogP contribution is -2.26. The van der Waals surface area contributed by atoms with E-state index in [4.69, 9.17) is 5.73 Å². The molecule has 4 heteroatoms. The van der Waals surface area contributed by atoms with Gasteiger partial charge in [-0.1, -0.05) is 32.0 Å². The van der Waals surface area contributed by atoms with Gasteiger partial charge in [0.25, 0.3) is 0 Å². The Bertz CT molecular complexity index is 451. The van der Waals surface area contributed by atoms with Crippen LogP contribution in [-0.4, -0.2) is 30.4 Å². The summed E-state index contributed by atoms with van der Waals surface area (Å²) in [6.45, 7) is 8.05. The van der Waals surface area contributed by atoms with Gasteiger partial charge in [-0.2, -0.15) is 0 Å². The molecule has 0 radical (unpaired) electrons. The number of para-hydroxylation sites is 1. The highest BCUT2D eigenvalue weighted by atomic mass is 16.1.